The van der Waals surface area contributed by atoms with Crippen molar-refractivity contribution in [3.05, 3.63) is 18.2 Å². The minimum absolute atomic E-state index is 0.181. The number of sulfone groups is 1. The highest BCUT2D eigenvalue weighted by molar-refractivity contribution is 7.90. The third-order valence-corrected chi connectivity index (χ3v) is 3.63. The number of para-hydroxylation sites is 1. The van der Waals surface area contributed by atoms with Crippen LogP contribution in [0.4, 0.5) is 11.4 Å². The normalized spacial score (nSPS) is 13.4. The molecule has 0 fully saturated rings. The number of benzene rings is 1. The number of nitrogens with two attached hydrogens (primary N) is 1. The molecule has 1 atom stereocenters. The molecule has 0 saturated carbocycles. The number of nitrogen functional groups attached to an aromatic ring is 1. The number of hydrogen-bond donors (Lipinski definition) is 2. The van der Waals surface area contributed by atoms with Gasteiger partial charge in [0.1, 0.15) is 0 Å². The highest BCUT2D eigenvalue weighted by Crippen LogP contribution is 2.27. The standard InChI is InChI=1S/C11H18N2O2S/c1-4-8(2)13-9-6-5-7-10(11(9)12)16(3,14)15/h5-8,13H,4,12H2,1-3H3. The number of anilines is 2. The van der Waals surface area contributed by atoms with Crippen molar-refractivity contribution in [3.8, 4) is 0 Å². The van der Waals surface area contributed by atoms with Crippen molar-refractivity contribution in [1.29, 1.82) is 0 Å². The van der Waals surface area contributed by atoms with Crippen LogP contribution in [0.5, 0.6) is 0 Å². The van der Waals surface area contributed by atoms with E-state index in [0.29, 0.717) is 11.4 Å². The molecule has 0 bridgehead atoms. The lowest BCUT2D eigenvalue weighted by atomic mass is 10.2. The van der Waals surface area contributed by atoms with Crippen LogP contribution in [-0.2, 0) is 9.84 Å². The van der Waals surface area contributed by atoms with Crippen molar-refractivity contribution >= 4 is 21.2 Å². The summed E-state index contributed by atoms with van der Waals surface area (Å²) in [4.78, 5) is 0.181. The van der Waals surface area contributed by atoms with Crippen molar-refractivity contribution in [3.63, 3.8) is 0 Å². The highest BCUT2D eigenvalue weighted by Gasteiger charge is 2.14. The molecular formula is C11H18N2O2S. The van der Waals surface area contributed by atoms with Gasteiger partial charge < -0.3 is 11.1 Å². The molecule has 5 heteroatoms. The minimum Gasteiger partial charge on any atom is -0.396 e. The van der Waals surface area contributed by atoms with Crippen LogP contribution in [-0.4, -0.2) is 20.7 Å². The summed E-state index contributed by atoms with van der Waals surface area (Å²) < 4.78 is 22.9. The van der Waals surface area contributed by atoms with Gasteiger partial charge in [-0.1, -0.05) is 13.0 Å². The average molecular weight is 242 g/mol. The summed E-state index contributed by atoms with van der Waals surface area (Å²) in [6.45, 7) is 4.07. The summed E-state index contributed by atoms with van der Waals surface area (Å²) in [6.07, 6.45) is 2.11. The van der Waals surface area contributed by atoms with Gasteiger partial charge in [0.2, 0.25) is 0 Å². The second-order valence-corrected chi connectivity index (χ2v) is 5.93. The monoisotopic (exact) mass is 242 g/mol. The third kappa shape index (κ3) is 2.88. The lowest BCUT2D eigenvalue weighted by molar-refractivity contribution is 0.602. The molecule has 0 heterocycles. The lowest BCUT2D eigenvalue weighted by Gasteiger charge is -2.16. The van der Waals surface area contributed by atoms with E-state index in [-0.39, 0.29) is 10.9 Å². The molecule has 0 amide bonds. The van der Waals surface area contributed by atoms with Gasteiger partial charge in [-0.25, -0.2) is 8.42 Å². The Hall–Kier alpha value is -1.23. The first-order valence-corrected chi connectivity index (χ1v) is 7.10. The molecule has 0 spiro atoms. The number of rotatable bonds is 4. The van der Waals surface area contributed by atoms with E-state index in [1.807, 2.05) is 13.8 Å². The summed E-state index contributed by atoms with van der Waals surface area (Å²) in [7, 11) is -3.26. The summed E-state index contributed by atoms with van der Waals surface area (Å²) in [5.41, 5.74) is 6.81. The maximum absolute atomic E-state index is 11.5. The fourth-order valence-corrected chi connectivity index (χ4v) is 2.20. The Balaban J connectivity index is 3.15. The molecule has 90 valence electrons. The SMILES string of the molecule is CCC(C)Nc1cccc(S(C)(=O)=O)c1N. The molecule has 3 N–H and O–H groups in total. The largest absolute Gasteiger partial charge is 0.396 e. The van der Waals surface area contributed by atoms with Gasteiger partial charge in [-0.2, -0.15) is 0 Å². The van der Waals surface area contributed by atoms with Gasteiger partial charge in [0.05, 0.1) is 16.3 Å². The highest BCUT2D eigenvalue weighted by atomic mass is 32.2. The Morgan fingerprint density at radius 3 is 2.56 bits per heavy atom. The van der Waals surface area contributed by atoms with Gasteiger partial charge >= 0.3 is 0 Å². The van der Waals surface area contributed by atoms with Gasteiger partial charge in [0.15, 0.2) is 9.84 Å². The Bertz CT molecular complexity index is 469. The summed E-state index contributed by atoms with van der Waals surface area (Å²) >= 11 is 0. The van der Waals surface area contributed by atoms with Crippen LogP contribution in [0.25, 0.3) is 0 Å². The minimum atomic E-state index is -3.26. The van der Waals surface area contributed by atoms with E-state index in [4.69, 9.17) is 5.73 Å². The zero-order chi connectivity index (χ0) is 12.3. The van der Waals surface area contributed by atoms with E-state index in [0.717, 1.165) is 12.7 Å². The van der Waals surface area contributed by atoms with E-state index in [9.17, 15) is 8.42 Å². The van der Waals surface area contributed by atoms with Crippen LogP contribution < -0.4 is 11.1 Å². The molecule has 1 rings (SSSR count). The van der Waals surface area contributed by atoms with E-state index in [1.165, 1.54) is 6.07 Å². The van der Waals surface area contributed by atoms with Gasteiger partial charge in [-0.05, 0) is 25.5 Å². The van der Waals surface area contributed by atoms with Crippen LogP contribution in [0.2, 0.25) is 0 Å². The number of hydrogen-bond acceptors (Lipinski definition) is 4. The zero-order valence-electron chi connectivity index (χ0n) is 9.82. The zero-order valence-corrected chi connectivity index (χ0v) is 10.6. The van der Waals surface area contributed by atoms with Crippen LogP contribution in [0.1, 0.15) is 20.3 Å². The fourth-order valence-electron chi connectivity index (χ4n) is 1.36. The lowest BCUT2D eigenvalue weighted by Crippen LogP contribution is -2.15. The van der Waals surface area contributed by atoms with Crippen LogP contribution in [0.15, 0.2) is 23.1 Å². The predicted octanol–water partition coefficient (Wildman–Crippen LogP) is 1.88. The number of nitrogens with one attached hydrogen (secondary N) is 1. The predicted molar refractivity (Wildman–Crippen MR) is 67.3 cm³/mol. The molecule has 0 aromatic heterocycles. The molecule has 16 heavy (non-hydrogen) atoms. The first-order valence-electron chi connectivity index (χ1n) is 5.21. The smallest absolute Gasteiger partial charge is 0.177 e. The first kappa shape index (κ1) is 12.8. The molecule has 4 nitrogen and oxygen atoms in total. The summed E-state index contributed by atoms with van der Waals surface area (Å²) in [5.74, 6) is 0. The Labute approximate surface area is 96.8 Å². The van der Waals surface area contributed by atoms with Gasteiger partial charge in [0, 0.05) is 12.3 Å². The Kier molecular flexibility index (Phi) is 3.80. The van der Waals surface area contributed by atoms with Crippen LogP contribution in [0.3, 0.4) is 0 Å². The van der Waals surface area contributed by atoms with Crippen molar-refractivity contribution in [2.75, 3.05) is 17.3 Å². The Morgan fingerprint density at radius 1 is 1.44 bits per heavy atom. The molecule has 0 saturated heterocycles. The van der Waals surface area contributed by atoms with Gasteiger partial charge in [-0.15, -0.1) is 0 Å². The third-order valence-electron chi connectivity index (χ3n) is 2.48. The Morgan fingerprint density at radius 2 is 2.06 bits per heavy atom. The van der Waals surface area contributed by atoms with Gasteiger partial charge in [0.25, 0.3) is 0 Å². The van der Waals surface area contributed by atoms with E-state index < -0.39 is 9.84 Å². The quantitative estimate of drug-likeness (QED) is 0.791. The van der Waals surface area contributed by atoms with E-state index >= 15 is 0 Å². The molecule has 0 aliphatic rings. The fraction of sp³-hybridized carbons (Fsp3) is 0.455. The van der Waals surface area contributed by atoms with Crippen LogP contribution >= 0.6 is 0 Å². The van der Waals surface area contributed by atoms with Crippen molar-refractivity contribution in [2.45, 2.75) is 31.2 Å². The van der Waals surface area contributed by atoms with Gasteiger partial charge in [-0.3, -0.25) is 0 Å². The maximum Gasteiger partial charge on any atom is 0.177 e. The van der Waals surface area contributed by atoms with Crippen molar-refractivity contribution in [1.82, 2.24) is 0 Å². The van der Waals surface area contributed by atoms with Crippen molar-refractivity contribution < 1.29 is 8.42 Å². The van der Waals surface area contributed by atoms with E-state index in [1.54, 1.807) is 12.1 Å². The topological polar surface area (TPSA) is 72.2 Å². The molecule has 0 aliphatic heterocycles. The molecule has 1 unspecified atom stereocenters. The molecular weight excluding hydrogens is 224 g/mol. The van der Waals surface area contributed by atoms with Crippen molar-refractivity contribution in [2.24, 2.45) is 0 Å². The average Bonchev–Trinajstić information content (AvgIpc) is 2.19. The molecule has 1 aromatic rings. The molecule has 0 aliphatic carbocycles. The molecule has 1 aromatic carbocycles. The molecule has 0 radical (unpaired) electrons. The maximum atomic E-state index is 11.5. The summed E-state index contributed by atoms with van der Waals surface area (Å²) in [5, 5.41) is 3.18. The summed E-state index contributed by atoms with van der Waals surface area (Å²) in [6, 6.07) is 5.26. The second kappa shape index (κ2) is 4.74. The first-order chi connectivity index (χ1) is 7.36. The van der Waals surface area contributed by atoms with Crippen LogP contribution in [0, 0.1) is 0 Å². The second-order valence-electron chi connectivity index (χ2n) is 3.94. The van der Waals surface area contributed by atoms with E-state index in [2.05, 4.69) is 5.32 Å².